The number of ketones is 2. The lowest BCUT2D eigenvalue weighted by atomic mass is 9.33. The highest BCUT2D eigenvalue weighted by Crippen LogP contribution is 2.75. The Morgan fingerprint density at radius 3 is 2.31 bits per heavy atom. The Morgan fingerprint density at radius 1 is 1.05 bits per heavy atom. The second-order valence-corrected chi connectivity index (χ2v) is 16.6. The lowest BCUT2D eigenvalue weighted by molar-refractivity contribution is -0.242. The summed E-state index contributed by atoms with van der Waals surface area (Å²) in [4.78, 5) is 41.5. The van der Waals surface area contributed by atoms with Gasteiger partial charge in [0.05, 0.1) is 5.57 Å². The summed E-state index contributed by atoms with van der Waals surface area (Å²) in [7, 11) is 0. The van der Waals surface area contributed by atoms with Crippen LogP contribution in [-0.4, -0.2) is 34.7 Å². The molecule has 2 N–H and O–H groups in total. The van der Waals surface area contributed by atoms with Crippen LogP contribution in [0.25, 0.3) is 0 Å². The molecule has 230 valence electrons. The Labute approximate surface area is 252 Å². The second kappa shape index (κ2) is 9.37. The number of allylic oxidation sites excluding steroid dienone is 3. The maximum Gasteiger partial charge on any atom is 0.225 e. The molecular formula is C36H52N2O4. The summed E-state index contributed by atoms with van der Waals surface area (Å²) in [6.07, 6.45) is 9.70. The van der Waals surface area contributed by atoms with Gasteiger partial charge in [-0.2, -0.15) is 5.26 Å². The molecule has 5 rings (SSSR count). The highest BCUT2D eigenvalue weighted by atomic mass is 16.3. The Kier molecular flexibility index (Phi) is 6.95. The van der Waals surface area contributed by atoms with E-state index >= 15 is 0 Å². The van der Waals surface area contributed by atoms with Gasteiger partial charge in [0.15, 0.2) is 11.6 Å². The van der Waals surface area contributed by atoms with E-state index in [-0.39, 0.29) is 40.3 Å². The summed E-state index contributed by atoms with van der Waals surface area (Å²) in [5, 5.41) is 26.1. The highest BCUT2D eigenvalue weighted by Gasteiger charge is 2.75. The smallest absolute Gasteiger partial charge is 0.225 e. The number of Topliss-reactive ketones (excluding diaryl/α,β-unsaturated/α-hetero) is 1. The van der Waals surface area contributed by atoms with Crippen LogP contribution >= 0.6 is 0 Å². The van der Waals surface area contributed by atoms with Crippen LogP contribution in [0.2, 0.25) is 0 Å². The van der Waals surface area contributed by atoms with Crippen LogP contribution < -0.4 is 5.32 Å². The van der Waals surface area contributed by atoms with E-state index in [2.05, 4.69) is 52.9 Å². The van der Waals surface area contributed by atoms with Crippen molar-refractivity contribution in [1.29, 1.82) is 5.26 Å². The van der Waals surface area contributed by atoms with Crippen LogP contribution in [-0.2, 0) is 14.4 Å². The van der Waals surface area contributed by atoms with Gasteiger partial charge in [-0.05, 0) is 79.3 Å². The zero-order chi connectivity index (χ0) is 31.3. The first-order valence-electron chi connectivity index (χ1n) is 16.3. The molecule has 6 heteroatoms. The van der Waals surface area contributed by atoms with Crippen LogP contribution in [0.5, 0.6) is 0 Å². The fourth-order valence-corrected chi connectivity index (χ4v) is 10.6. The van der Waals surface area contributed by atoms with E-state index in [1.54, 1.807) is 6.08 Å². The van der Waals surface area contributed by atoms with Gasteiger partial charge in [-0.15, -0.1) is 0 Å². The normalized spacial score (nSPS) is 46.5. The number of nitrogens with one attached hydrogen (secondary N) is 1. The van der Waals surface area contributed by atoms with Gasteiger partial charge < -0.3 is 10.4 Å². The predicted octanol–water partition coefficient (Wildman–Crippen LogP) is 6.48. The maximum atomic E-state index is 14.6. The second-order valence-electron chi connectivity index (χ2n) is 16.6. The minimum atomic E-state index is -1.61. The SMILES string of the molecule is CCC(C)CNC(=O)[C@@]1(C)CC[C@]2(C)CCC3(C)C4(C)CC[C@H]5C(C)(C)C(=O)C(C#N)=C[C@]5(C)C4=CC(=O)[C@]3(O)[C@@H]2C1. The molecule has 0 aromatic rings. The molecule has 5 aliphatic rings. The Morgan fingerprint density at radius 2 is 1.69 bits per heavy atom. The van der Waals surface area contributed by atoms with Gasteiger partial charge in [0.1, 0.15) is 11.7 Å². The van der Waals surface area contributed by atoms with Crippen LogP contribution in [0, 0.1) is 61.6 Å². The summed E-state index contributed by atoms with van der Waals surface area (Å²) in [5.41, 5.74) is -4.01. The van der Waals surface area contributed by atoms with E-state index in [9.17, 15) is 24.8 Å². The summed E-state index contributed by atoms with van der Waals surface area (Å²) in [6, 6.07) is 2.15. The fraction of sp³-hybridized carbons (Fsp3) is 0.778. The summed E-state index contributed by atoms with van der Waals surface area (Å²) in [6.45, 7) is 19.4. The maximum absolute atomic E-state index is 14.6. The first-order chi connectivity index (χ1) is 19.3. The van der Waals surface area contributed by atoms with Crippen LogP contribution in [0.1, 0.15) is 114 Å². The average Bonchev–Trinajstić information content (AvgIpc) is 2.93. The van der Waals surface area contributed by atoms with Crippen molar-refractivity contribution in [2.45, 2.75) is 119 Å². The van der Waals surface area contributed by atoms with Crippen molar-refractivity contribution < 1.29 is 19.5 Å². The molecule has 3 saturated carbocycles. The van der Waals surface area contributed by atoms with Gasteiger partial charge in [0.2, 0.25) is 5.91 Å². The van der Waals surface area contributed by atoms with E-state index in [0.29, 0.717) is 25.3 Å². The molecule has 9 atom stereocenters. The van der Waals surface area contributed by atoms with Gasteiger partial charge in [-0.25, -0.2) is 0 Å². The molecule has 0 aromatic carbocycles. The Balaban J connectivity index is 1.62. The predicted molar refractivity (Wildman–Crippen MR) is 163 cm³/mol. The van der Waals surface area contributed by atoms with Crippen molar-refractivity contribution in [3.8, 4) is 6.07 Å². The monoisotopic (exact) mass is 576 g/mol. The molecular weight excluding hydrogens is 524 g/mol. The molecule has 6 nitrogen and oxygen atoms in total. The summed E-state index contributed by atoms with van der Waals surface area (Å²) < 4.78 is 0. The molecule has 3 fully saturated rings. The Bertz CT molecular complexity index is 1340. The molecule has 0 spiro atoms. The fourth-order valence-electron chi connectivity index (χ4n) is 10.6. The largest absolute Gasteiger partial charge is 0.381 e. The number of carbonyl (C=O) groups excluding carboxylic acids is 3. The Hall–Kier alpha value is -2.26. The van der Waals surface area contributed by atoms with Gasteiger partial charge in [-0.1, -0.05) is 74.8 Å². The molecule has 0 aliphatic heterocycles. The molecule has 5 aliphatic carbocycles. The van der Waals surface area contributed by atoms with Gasteiger partial charge in [0.25, 0.3) is 0 Å². The quantitative estimate of drug-likeness (QED) is 0.398. The lowest BCUT2D eigenvalue weighted by Crippen LogP contribution is -2.74. The topological polar surface area (TPSA) is 107 Å². The van der Waals surface area contributed by atoms with Gasteiger partial charge >= 0.3 is 0 Å². The minimum absolute atomic E-state index is 0.0303. The van der Waals surface area contributed by atoms with Crippen molar-refractivity contribution in [2.75, 3.05) is 6.54 Å². The van der Waals surface area contributed by atoms with Gasteiger partial charge in [0, 0.05) is 34.1 Å². The number of rotatable bonds is 4. The first-order valence-corrected chi connectivity index (χ1v) is 16.3. The number of aliphatic hydroxyl groups is 1. The van der Waals surface area contributed by atoms with Crippen molar-refractivity contribution in [2.24, 2.45) is 50.2 Å². The minimum Gasteiger partial charge on any atom is -0.381 e. The zero-order valence-electron chi connectivity index (χ0n) is 27.4. The van der Waals surface area contributed by atoms with Crippen LogP contribution in [0.15, 0.2) is 23.3 Å². The van der Waals surface area contributed by atoms with E-state index in [4.69, 9.17) is 0 Å². The highest BCUT2D eigenvalue weighted by molar-refractivity contribution is 6.05. The lowest BCUT2D eigenvalue weighted by Gasteiger charge is -2.71. The van der Waals surface area contributed by atoms with E-state index in [0.717, 1.165) is 44.1 Å². The molecule has 0 bridgehead atoms. The number of carbonyl (C=O) groups is 3. The number of nitrogens with zero attached hydrogens (tertiary/aromatic N) is 1. The average molecular weight is 577 g/mol. The first kappa shape index (κ1) is 31.2. The molecule has 1 amide bonds. The van der Waals surface area contributed by atoms with Crippen molar-refractivity contribution in [3.63, 3.8) is 0 Å². The van der Waals surface area contributed by atoms with Crippen molar-refractivity contribution >= 4 is 17.5 Å². The van der Waals surface area contributed by atoms with Gasteiger partial charge in [-0.3, -0.25) is 14.4 Å². The van der Waals surface area contributed by atoms with E-state index < -0.39 is 32.7 Å². The zero-order valence-corrected chi connectivity index (χ0v) is 27.4. The third-order valence-corrected chi connectivity index (χ3v) is 14.1. The number of hydrogen-bond donors (Lipinski definition) is 2. The van der Waals surface area contributed by atoms with Crippen LogP contribution in [0.3, 0.4) is 0 Å². The third-order valence-electron chi connectivity index (χ3n) is 14.1. The van der Waals surface area contributed by atoms with Crippen molar-refractivity contribution in [3.05, 3.63) is 23.3 Å². The number of nitriles is 1. The van der Waals surface area contributed by atoms with Crippen molar-refractivity contribution in [1.82, 2.24) is 5.32 Å². The summed E-state index contributed by atoms with van der Waals surface area (Å²) in [5.74, 6) is -0.354. The molecule has 42 heavy (non-hydrogen) atoms. The molecule has 0 heterocycles. The molecule has 3 unspecified atom stereocenters. The number of hydrogen-bond acceptors (Lipinski definition) is 5. The number of fused-ring (bicyclic) bond motifs is 7. The molecule has 0 radical (unpaired) electrons. The number of amides is 1. The molecule has 0 aromatic heterocycles. The van der Waals surface area contributed by atoms with E-state index in [1.165, 1.54) is 0 Å². The van der Waals surface area contributed by atoms with E-state index in [1.807, 2.05) is 26.8 Å². The standard InChI is InChI=1S/C36H52N2O4/c1-10-22(2)21-38-29(41)32(6)14-13-31(5)15-16-35(9)34(8)12-11-24-30(3,4)28(40)23(20-37)18-33(24,7)25(34)17-27(39)36(35,42)26(31)19-32/h17-18,22,24,26,42H,10-16,19,21H2,1-9H3,(H,38,41)/t22?,24-,26+,31+,32-,33-,34?,35?,36+/m0/s1. The third kappa shape index (κ3) is 3.74. The molecule has 0 saturated heterocycles. The summed E-state index contributed by atoms with van der Waals surface area (Å²) >= 11 is 0. The van der Waals surface area contributed by atoms with Crippen LogP contribution in [0.4, 0.5) is 0 Å².